The van der Waals surface area contributed by atoms with Crippen LogP contribution in [0.25, 0.3) is 39.1 Å². The van der Waals surface area contributed by atoms with Gasteiger partial charge in [-0.15, -0.1) is 0 Å². The molecule has 6 heterocycles. The summed E-state index contributed by atoms with van der Waals surface area (Å²) in [6.07, 6.45) is 24.8. The predicted octanol–water partition coefficient (Wildman–Crippen LogP) is 8.42. The summed E-state index contributed by atoms with van der Waals surface area (Å²) in [5.74, 6) is 0.780. The van der Waals surface area contributed by atoms with E-state index in [0.29, 0.717) is 12.1 Å². The Balaban J connectivity index is 0.847. The van der Waals surface area contributed by atoms with Crippen LogP contribution in [0.5, 0.6) is 5.75 Å². The van der Waals surface area contributed by atoms with Crippen molar-refractivity contribution in [1.29, 1.82) is 0 Å². The minimum absolute atomic E-state index is 0.269. The number of rotatable bonds is 16. The van der Waals surface area contributed by atoms with E-state index < -0.39 is 7.60 Å². The van der Waals surface area contributed by atoms with Crippen LogP contribution in [0.15, 0.2) is 244 Å². The molecule has 0 amide bonds. The molecule has 0 saturated carbocycles. The average Bonchev–Trinajstić information content (AvgIpc) is 3.38. The molecule has 348 valence electrons. The number of aromatic nitrogens is 6. The second-order valence-corrected chi connectivity index (χ2v) is 19.7. The van der Waals surface area contributed by atoms with Crippen LogP contribution in [-0.4, -0.2) is 9.79 Å². The maximum absolute atomic E-state index is 11.4. The zero-order chi connectivity index (χ0) is 48.6. The zero-order valence-electron chi connectivity index (χ0n) is 39.5. The van der Waals surface area contributed by atoms with Gasteiger partial charge in [-0.05, 0) is 76.2 Å². The molecule has 0 atom stereocenters. The standard InChI is InChI=1S/C60H53N6O4P/c1-47-7-9-48(10-8-47)42-61-27-15-53(16-28-61)54-17-29-62(30-18-54)43-50-39-51(41-52(40-50)45-64-33-21-56(22-34-64)58-25-37-66(38-26-58)70-60-5-3-2-4-6-60)44-63-31-19-55(20-32-63)57-23-35-65(36-24-57)59-13-11-49(12-14-59)46-71(67,68)69/h2-41H,42-46H2,1H3/q+4/p+2. The van der Waals surface area contributed by atoms with E-state index in [0.717, 1.165) is 53.3 Å². The Labute approximate surface area is 414 Å². The van der Waals surface area contributed by atoms with Crippen LogP contribution in [0.1, 0.15) is 33.4 Å². The molecular weight excluding hydrogens is 900 g/mol. The van der Waals surface area contributed by atoms with Crippen LogP contribution >= 0.6 is 7.60 Å². The van der Waals surface area contributed by atoms with E-state index in [1.165, 1.54) is 38.9 Å². The molecule has 0 bridgehead atoms. The van der Waals surface area contributed by atoms with Crippen LogP contribution in [0.3, 0.4) is 0 Å². The maximum atomic E-state index is 11.4. The second-order valence-electron chi connectivity index (χ2n) is 18.0. The lowest BCUT2D eigenvalue weighted by Crippen LogP contribution is -2.38. The molecule has 0 spiro atoms. The van der Waals surface area contributed by atoms with Crippen LogP contribution in [0, 0.1) is 6.92 Å². The molecule has 11 heteroatoms. The lowest BCUT2D eigenvalue weighted by Gasteiger charge is -2.08. The molecule has 0 saturated heterocycles. The highest BCUT2D eigenvalue weighted by Crippen LogP contribution is 2.39. The molecule has 10 aromatic rings. The average molecular weight is 955 g/mol. The van der Waals surface area contributed by atoms with E-state index in [2.05, 4.69) is 190 Å². The van der Waals surface area contributed by atoms with Crippen LogP contribution in [0.2, 0.25) is 0 Å². The number of pyridine rings is 6. The van der Waals surface area contributed by atoms with Gasteiger partial charge in [0, 0.05) is 112 Å². The Hall–Kier alpha value is -8.27. The molecule has 0 aliphatic carbocycles. The Bertz CT molecular complexity index is 3410. The number of aryl methyl sites for hydroxylation is 1. The van der Waals surface area contributed by atoms with E-state index in [4.69, 9.17) is 4.84 Å². The second kappa shape index (κ2) is 21.2. The van der Waals surface area contributed by atoms with Gasteiger partial charge >= 0.3 is 7.60 Å². The molecule has 0 aliphatic rings. The van der Waals surface area contributed by atoms with Crippen molar-refractivity contribution in [2.24, 2.45) is 0 Å². The molecule has 0 fully saturated rings. The molecule has 2 N–H and O–H groups in total. The lowest BCUT2D eigenvalue weighted by atomic mass is 10.0. The predicted molar refractivity (Wildman–Crippen MR) is 270 cm³/mol. The maximum Gasteiger partial charge on any atom is 0.329 e. The summed E-state index contributed by atoms with van der Waals surface area (Å²) in [4.78, 5) is 24.6. The molecule has 4 aromatic carbocycles. The smallest absolute Gasteiger partial charge is 0.324 e. The summed E-state index contributed by atoms with van der Waals surface area (Å²) in [5, 5.41) is 0. The van der Waals surface area contributed by atoms with E-state index >= 15 is 0 Å². The van der Waals surface area contributed by atoms with Gasteiger partial charge in [-0.25, -0.2) is 23.1 Å². The number of nitrogens with zero attached hydrogens (tertiary/aromatic N) is 6. The number of hydrogen-bond acceptors (Lipinski definition) is 2. The zero-order valence-corrected chi connectivity index (χ0v) is 40.4. The van der Waals surface area contributed by atoms with Gasteiger partial charge in [0.1, 0.15) is 0 Å². The fourth-order valence-corrected chi connectivity index (χ4v) is 9.43. The van der Waals surface area contributed by atoms with Gasteiger partial charge in [0.2, 0.25) is 23.8 Å². The van der Waals surface area contributed by atoms with Gasteiger partial charge in [-0.2, -0.15) is 4.57 Å². The quantitative estimate of drug-likeness (QED) is 0.0753. The molecule has 0 radical (unpaired) electrons. The van der Waals surface area contributed by atoms with E-state index in [1.54, 1.807) is 16.9 Å². The van der Waals surface area contributed by atoms with Crippen molar-refractivity contribution in [2.45, 2.75) is 39.3 Å². The van der Waals surface area contributed by atoms with Crippen LogP contribution < -0.4 is 32.4 Å². The summed E-state index contributed by atoms with van der Waals surface area (Å²) >= 11 is 0. The van der Waals surface area contributed by atoms with Crippen LogP contribution in [0.4, 0.5) is 0 Å². The number of hydrogen-bond donors (Lipinski definition) is 2. The van der Waals surface area contributed by atoms with Crippen molar-refractivity contribution >= 4 is 7.60 Å². The summed E-state index contributed by atoms with van der Waals surface area (Å²) in [6.45, 7) is 5.11. The van der Waals surface area contributed by atoms with E-state index in [9.17, 15) is 14.4 Å². The SMILES string of the molecule is Cc1ccc(C[n+]2ccc(-c3cc[n+](Cc4cc(C[n+]5ccc(-c6cc[n+](Oc7ccccc7)cc6)cc5)cc(C[n+]5ccc(-c6cc[n+](-c7ccc(CP(=O)(O)O)cc7)cc6)cc5)c4)cc3)cc2)cc1. The number of benzene rings is 4. The fraction of sp³-hybridized carbons (Fsp3) is 0.100. The monoisotopic (exact) mass is 954 g/mol. The molecule has 6 aromatic heterocycles. The van der Waals surface area contributed by atoms with Crippen molar-refractivity contribution in [2.75, 3.05) is 0 Å². The van der Waals surface area contributed by atoms with Gasteiger partial charge in [0.15, 0.2) is 88.1 Å². The molecular formula is C60H55N6O4P+6. The molecule has 10 rings (SSSR count). The first kappa shape index (κ1) is 46.5. The van der Waals surface area contributed by atoms with Crippen LogP contribution in [-0.2, 0) is 36.9 Å². The highest BCUT2D eigenvalue weighted by Gasteiger charge is 2.17. The minimum Gasteiger partial charge on any atom is -0.324 e. The fourth-order valence-electron chi connectivity index (χ4n) is 8.74. The lowest BCUT2D eigenvalue weighted by molar-refractivity contribution is -0.875. The van der Waals surface area contributed by atoms with Gasteiger partial charge < -0.3 is 9.79 Å². The first-order valence-corrected chi connectivity index (χ1v) is 25.4. The van der Waals surface area contributed by atoms with Gasteiger partial charge in [0.25, 0.3) is 0 Å². The molecule has 0 aliphatic heterocycles. The van der Waals surface area contributed by atoms with E-state index in [-0.39, 0.29) is 6.16 Å². The third-order valence-corrected chi connectivity index (χ3v) is 13.2. The molecule has 71 heavy (non-hydrogen) atoms. The van der Waals surface area contributed by atoms with Gasteiger partial charge in [-0.1, -0.05) is 60.2 Å². The highest BCUT2D eigenvalue weighted by molar-refractivity contribution is 7.50. The van der Waals surface area contributed by atoms with Crippen molar-refractivity contribution in [3.63, 3.8) is 0 Å². The van der Waals surface area contributed by atoms with Gasteiger partial charge in [-0.3, -0.25) is 4.57 Å². The third kappa shape index (κ3) is 12.5. The Kier molecular flexibility index (Phi) is 13.8. The summed E-state index contributed by atoms with van der Waals surface area (Å²) < 4.78 is 24.1. The Morgan fingerprint density at radius 3 is 1.14 bits per heavy atom. The minimum atomic E-state index is -4.12. The first-order valence-electron chi connectivity index (χ1n) is 23.6. The highest BCUT2D eigenvalue weighted by atomic mass is 31.2. The van der Waals surface area contributed by atoms with Crippen molar-refractivity contribution in [1.82, 2.24) is 0 Å². The Morgan fingerprint density at radius 2 is 0.746 bits per heavy atom. The van der Waals surface area contributed by atoms with E-state index in [1.807, 2.05) is 71.8 Å². The molecule has 0 unspecified atom stereocenters. The Morgan fingerprint density at radius 1 is 0.394 bits per heavy atom. The third-order valence-electron chi connectivity index (χ3n) is 12.5. The largest absolute Gasteiger partial charge is 0.329 e. The van der Waals surface area contributed by atoms with Crippen molar-refractivity contribution in [3.8, 4) is 44.8 Å². The first-order chi connectivity index (χ1) is 34.6. The normalized spacial score (nSPS) is 11.4. The molecule has 10 nitrogen and oxygen atoms in total. The summed E-state index contributed by atoms with van der Waals surface area (Å²) in [5.41, 5.74) is 14.5. The number of para-hydroxylation sites is 1. The van der Waals surface area contributed by atoms with Gasteiger partial charge in [0.05, 0.1) is 6.16 Å². The summed E-state index contributed by atoms with van der Waals surface area (Å²) in [6, 6.07) is 58.4. The topological polar surface area (TPSA) is 90.0 Å². The van der Waals surface area contributed by atoms with Crippen molar-refractivity contribution in [3.05, 3.63) is 278 Å². The summed E-state index contributed by atoms with van der Waals surface area (Å²) in [7, 11) is -4.12. The van der Waals surface area contributed by atoms with Crippen molar-refractivity contribution < 1.29 is 46.8 Å².